The lowest BCUT2D eigenvalue weighted by Gasteiger charge is -2.18. The van der Waals surface area contributed by atoms with E-state index in [1.54, 1.807) is 0 Å². The molecule has 1 aliphatic carbocycles. The first-order chi connectivity index (χ1) is 5.87. The quantitative estimate of drug-likeness (QED) is 0.665. The van der Waals surface area contributed by atoms with Gasteiger partial charge in [-0.05, 0) is 38.5 Å². The van der Waals surface area contributed by atoms with Gasteiger partial charge in [0.05, 0.1) is 5.60 Å². The Morgan fingerprint density at radius 2 is 2.23 bits per heavy atom. The lowest BCUT2D eigenvalue weighted by atomic mass is 9.94. The Morgan fingerprint density at radius 1 is 1.62 bits per heavy atom. The minimum atomic E-state index is -0.554. The van der Waals surface area contributed by atoms with E-state index in [0.717, 1.165) is 32.0 Å². The molecule has 0 saturated heterocycles. The van der Waals surface area contributed by atoms with Gasteiger partial charge in [0.15, 0.2) is 0 Å². The SMILES string of the molecule is CC(C)(O)CCCC1(C)C[C@H]1C=O. The standard InChI is InChI=1S/C11H20O2/c1-10(2,13)5-4-6-11(3)7-9(11)8-12/h8-9,13H,4-7H2,1-3H3/t9-,11?/m0/s1. The van der Waals surface area contributed by atoms with Gasteiger partial charge in [-0.3, -0.25) is 0 Å². The first kappa shape index (κ1) is 10.7. The first-order valence-electron chi connectivity index (χ1n) is 5.05. The van der Waals surface area contributed by atoms with E-state index >= 15 is 0 Å². The van der Waals surface area contributed by atoms with Crippen molar-refractivity contribution < 1.29 is 9.90 Å². The van der Waals surface area contributed by atoms with Crippen LogP contribution in [0, 0.1) is 11.3 Å². The second-order valence-corrected chi connectivity index (χ2v) is 5.27. The molecule has 0 bridgehead atoms. The van der Waals surface area contributed by atoms with E-state index in [0.29, 0.717) is 0 Å². The van der Waals surface area contributed by atoms with Crippen molar-refractivity contribution in [3.05, 3.63) is 0 Å². The van der Waals surface area contributed by atoms with Gasteiger partial charge >= 0.3 is 0 Å². The molecular formula is C11H20O2. The Hall–Kier alpha value is -0.370. The predicted octanol–water partition coefficient (Wildman–Crippen LogP) is 2.15. The molecular weight excluding hydrogens is 164 g/mol. The van der Waals surface area contributed by atoms with Crippen LogP contribution in [0.25, 0.3) is 0 Å². The van der Waals surface area contributed by atoms with Crippen molar-refractivity contribution in [2.24, 2.45) is 11.3 Å². The van der Waals surface area contributed by atoms with Crippen LogP contribution in [-0.2, 0) is 4.79 Å². The van der Waals surface area contributed by atoms with Gasteiger partial charge in [-0.15, -0.1) is 0 Å². The highest BCUT2D eigenvalue weighted by molar-refractivity contribution is 5.59. The highest BCUT2D eigenvalue weighted by Gasteiger charge is 2.48. The molecule has 0 aromatic heterocycles. The third kappa shape index (κ3) is 3.11. The van der Waals surface area contributed by atoms with Crippen LogP contribution in [0.4, 0.5) is 0 Å². The molecule has 1 fully saturated rings. The molecule has 76 valence electrons. The van der Waals surface area contributed by atoms with Gasteiger partial charge in [0, 0.05) is 5.92 Å². The summed E-state index contributed by atoms with van der Waals surface area (Å²) in [5.41, 5.74) is -0.297. The fourth-order valence-electron chi connectivity index (χ4n) is 1.87. The first-order valence-corrected chi connectivity index (χ1v) is 5.05. The smallest absolute Gasteiger partial charge is 0.123 e. The summed E-state index contributed by atoms with van der Waals surface area (Å²) in [4.78, 5) is 10.5. The number of carbonyl (C=O) groups is 1. The Kier molecular flexibility index (Phi) is 2.81. The van der Waals surface area contributed by atoms with Crippen LogP contribution in [0.2, 0.25) is 0 Å². The van der Waals surface area contributed by atoms with E-state index < -0.39 is 5.60 Å². The molecule has 1 N–H and O–H groups in total. The van der Waals surface area contributed by atoms with Gasteiger partial charge in [0.25, 0.3) is 0 Å². The summed E-state index contributed by atoms with van der Waals surface area (Å²) in [7, 11) is 0. The van der Waals surface area contributed by atoms with Crippen molar-refractivity contribution in [2.75, 3.05) is 0 Å². The number of carbonyl (C=O) groups excluding carboxylic acids is 1. The maximum Gasteiger partial charge on any atom is 0.123 e. The zero-order valence-electron chi connectivity index (χ0n) is 8.84. The maximum absolute atomic E-state index is 10.5. The van der Waals surface area contributed by atoms with E-state index in [1.807, 2.05) is 13.8 Å². The largest absolute Gasteiger partial charge is 0.390 e. The molecule has 1 aliphatic rings. The van der Waals surface area contributed by atoms with E-state index in [1.165, 1.54) is 0 Å². The summed E-state index contributed by atoms with van der Waals surface area (Å²) in [6.07, 6.45) is 5.03. The minimum absolute atomic E-state index is 0.257. The van der Waals surface area contributed by atoms with Crippen molar-refractivity contribution in [1.29, 1.82) is 0 Å². The summed E-state index contributed by atoms with van der Waals surface area (Å²) in [5, 5.41) is 9.49. The topological polar surface area (TPSA) is 37.3 Å². The average molecular weight is 184 g/mol. The zero-order valence-corrected chi connectivity index (χ0v) is 8.84. The van der Waals surface area contributed by atoms with Gasteiger partial charge in [-0.1, -0.05) is 13.3 Å². The van der Waals surface area contributed by atoms with E-state index in [9.17, 15) is 9.90 Å². The summed E-state index contributed by atoms with van der Waals surface area (Å²) in [6.45, 7) is 5.83. The fraction of sp³-hybridized carbons (Fsp3) is 0.909. The van der Waals surface area contributed by atoms with Crippen LogP contribution in [0.5, 0.6) is 0 Å². The molecule has 0 spiro atoms. The Bertz CT molecular complexity index is 193. The van der Waals surface area contributed by atoms with Crippen LogP contribution in [0.15, 0.2) is 0 Å². The van der Waals surface area contributed by atoms with Crippen LogP contribution in [0.3, 0.4) is 0 Å². The minimum Gasteiger partial charge on any atom is -0.390 e. The van der Waals surface area contributed by atoms with E-state index in [-0.39, 0.29) is 11.3 Å². The van der Waals surface area contributed by atoms with Crippen molar-refractivity contribution in [2.45, 2.75) is 52.1 Å². The lowest BCUT2D eigenvalue weighted by Crippen LogP contribution is -2.18. The Balaban J connectivity index is 2.18. The molecule has 13 heavy (non-hydrogen) atoms. The van der Waals surface area contributed by atoms with Gasteiger partial charge in [-0.25, -0.2) is 0 Å². The molecule has 1 saturated carbocycles. The van der Waals surface area contributed by atoms with Crippen molar-refractivity contribution in [3.63, 3.8) is 0 Å². The molecule has 0 radical (unpaired) electrons. The third-order valence-electron chi connectivity index (χ3n) is 3.12. The van der Waals surface area contributed by atoms with Crippen molar-refractivity contribution >= 4 is 6.29 Å². The number of hydrogen-bond donors (Lipinski definition) is 1. The van der Waals surface area contributed by atoms with Gasteiger partial charge in [-0.2, -0.15) is 0 Å². The number of hydrogen-bond acceptors (Lipinski definition) is 2. The third-order valence-corrected chi connectivity index (χ3v) is 3.12. The summed E-state index contributed by atoms with van der Waals surface area (Å²) < 4.78 is 0. The second-order valence-electron chi connectivity index (χ2n) is 5.27. The number of aldehydes is 1. The van der Waals surface area contributed by atoms with E-state index in [2.05, 4.69) is 6.92 Å². The number of rotatable bonds is 5. The van der Waals surface area contributed by atoms with Crippen molar-refractivity contribution in [3.8, 4) is 0 Å². The van der Waals surface area contributed by atoms with Crippen LogP contribution >= 0.6 is 0 Å². The lowest BCUT2D eigenvalue weighted by molar-refractivity contribution is -0.109. The van der Waals surface area contributed by atoms with Gasteiger partial charge in [0.2, 0.25) is 0 Å². The highest BCUT2D eigenvalue weighted by atomic mass is 16.3. The van der Waals surface area contributed by atoms with Crippen LogP contribution in [-0.4, -0.2) is 17.0 Å². The highest BCUT2D eigenvalue weighted by Crippen LogP contribution is 2.54. The molecule has 0 amide bonds. The van der Waals surface area contributed by atoms with Gasteiger partial charge < -0.3 is 9.90 Å². The van der Waals surface area contributed by atoms with Gasteiger partial charge in [0.1, 0.15) is 6.29 Å². The molecule has 0 aliphatic heterocycles. The second kappa shape index (κ2) is 3.41. The van der Waals surface area contributed by atoms with E-state index in [4.69, 9.17) is 0 Å². The zero-order chi connectivity index (χ0) is 10.1. The fourth-order valence-corrected chi connectivity index (χ4v) is 1.87. The van der Waals surface area contributed by atoms with Crippen LogP contribution < -0.4 is 0 Å². The Morgan fingerprint density at radius 3 is 2.62 bits per heavy atom. The van der Waals surface area contributed by atoms with Crippen molar-refractivity contribution in [1.82, 2.24) is 0 Å². The molecule has 1 unspecified atom stereocenters. The predicted molar refractivity (Wildman–Crippen MR) is 52.4 cm³/mol. The molecule has 2 heteroatoms. The summed E-state index contributed by atoms with van der Waals surface area (Å²) in [6, 6.07) is 0. The molecule has 0 heterocycles. The molecule has 0 aromatic carbocycles. The summed E-state index contributed by atoms with van der Waals surface area (Å²) in [5.74, 6) is 0.286. The normalized spacial score (nSPS) is 33.1. The molecule has 2 atom stereocenters. The molecule has 0 aromatic rings. The Labute approximate surface area is 80.3 Å². The number of aliphatic hydroxyl groups is 1. The maximum atomic E-state index is 10.5. The molecule has 2 nitrogen and oxygen atoms in total. The molecule has 1 rings (SSSR count). The average Bonchev–Trinajstić information content (AvgIpc) is 2.59. The monoisotopic (exact) mass is 184 g/mol. The summed E-state index contributed by atoms with van der Waals surface area (Å²) >= 11 is 0. The van der Waals surface area contributed by atoms with Crippen LogP contribution in [0.1, 0.15) is 46.5 Å².